The Bertz CT molecular complexity index is 282. The van der Waals surface area contributed by atoms with Gasteiger partial charge in [-0.15, -0.1) is 0 Å². The SMILES string of the molecule is Cc1cc(F)ccc1[S+]([O-])NO. The van der Waals surface area contributed by atoms with Crippen LogP contribution in [0.4, 0.5) is 4.39 Å². The van der Waals surface area contributed by atoms with Crippen LogP contribution < -0.4 is 4.89 Å². The Morgan fingerprint density at radius 3 is 2.75 bits per heavy atom. The van der Waals surface area contributed by atoms with Gasteiger partial charge in [-0.25, -0.2) is 4.39 Å². The molecule has 0 saturated carbocycles. The number of hydrogen-bond donors (Lipinski definition) is 2. The fourth-order valence-corrected chi connectivity index (χ4v) is 1.51. The Morgan fingerprint density at radius 1 is 1.58 bits per heavy atom. The molecule has 1 atom stereocenters. The van der Waals surface area contributed by atoms with Crippen molar-refractivity contribution in [3.63, 3.8) is 0 Å². The van der Waals surface area contributed by atoms with Gasteiger partial charge in [-0.3, -0.25) is 5.21 Å². The fourth-order valence-electron chi connectivity index (χ4n) is 0.870. The van der Waals surface area contributed by atoms with Crippen LogP contribution in [0.5, 0.6) is 0 Å². The van der Waals surface area contributed by atoms with E-state index in [0.29, 0.717) is 10.5 Å². The van der Waals surface area contributed by atoms with Crippen LogP contribution in [0.3, 0.4) is 0 Å². The molecule has 0 spiro atoms. The summed E-state index contributed by atoms with van der Waals surface area (Å²) in [5.41, 5.74) is 0.537. The van der Waals surface area contributed by atoms with Crippen LogP contribution in [0.1, 0.15) is 5.56 Å². The number of benzene rings is 1. The molecule has 0 aliphatic heterocycles. The van der Waals surface area contributed by atoms with Crippen LogP contribution in [0.25, 0.3) is 0 Å². The number of rotatable bonds is 2. The number of nitrogens with one attached hydrogen (secondary N) is 1. The normalized spacial score (nSPS) is 13.0. The number of hydrogen-bond acceptors (Lipinski definition) is 3. The first-order valence-corrected chi connectivity index (χ1v) is 4.38. The summed E-state index contributed by atoms with van der Waals surface area (Å²) in [7, 11) is 0. The highest BCUT2D eigenvalue weighted by Crippen LogP contribution is 2.14. The van der Waals surface area contributed by atoms with Gasteiger partial charge in [0.25, 0.3) is 0 Å². The van der Waals surface area contributed by atoms with Gasteiger partial charge in [0.15, 0.2) is 4.90 Å². The van der Waals surface area contributed by atoms with Crippen molar-refractivity contribution in [2.75, 3.05) is 0 Å². The van der Waals surface area contributed by atoms with Crippen molar-refractivity contribution in [2.24, 2.45) is 0 Å². The molecule has 0 amide bonds. The Morgan fingerprint density at radius 2 is 2.25 bits per heavy atom. The van der Waals surface area contributed by atoms with E-state index in [1.54, 1.807) is 11.8 Å². The van der Waals surface area contributed by atoms with Gasteiger partial charge < -0.3 is 4.55 Å². The molecule has 12 heavy (non-hydrogen) atoms. The largest absolute Gasteiger partial charge is 0.591 e. The minimum Gasteiger partial charge on any atom is -0.591 e. The number of aryl methyl sites for hydroxylation is 1. The van der Waals surface area contributed by atoms with Crippen molar-refractivity contribution in [3.8, 4) is 0 Å². The zero-order valence-electron chi connectivity index (χ0n) is 6.37. The third-order valence-corrected chi connectivity index (χ3v) is 2.44. The van der Waals surface area contributed by atoms with Crippen LogP contribution >= 0.6 is 0 Å². The van der Waals surface area contributed by atoms with Crippen molar-refractivity contribution < 1.29 is 14.2 Å². The third kappa shape index (κ3) is 1.95. The smallest absolute Gasteiger partial charge is 0.179 e. The Labute approximate surface area is 72.5 Å². The highest BCUT2D eigenvalue weighted by atomic mass is 32.2. The van der Waals surface area contributed by atoms with Crippen LogP contribution in [0.15, 0.2) is 23.1 Å². The first-order valence-electron chi connectivity index (χ1n) is 3.23. The summed E-state index contributed by atoms with van der Waals surface area (Å²) < 4.78 is 23.5. The quantitative estimate of drug-likeness (QED) is 0.541. The number of halogens is 1. The molecule has 1 aromatic rings. The van der Waals surface area contributed by atoms with E-state index in [0.717, 1.165) is 0 Å². The van der Waals surface area contributed by atoms with Gasteiger partial charge in [0.1, 0.15) is 17.2 Å². The molecule has 1 rings (SSSR count). The predicted octanol–water partition coefficient (Wildman–Crippen LogP) is 1.14. The first-order chi connectivity index (χ1) is 5.65. The minimum atomic E-state index is -1.67. The van der Waals surface area contributed by atoms with Gasteiger partial charge in [-0.2, -0.15) is 0 Å². The molecule has 0 radical (unpaired) electrons. The molecule has 5 heteroatoms. The second-order valence-electron chi connectivity index (χ2n) is 2.27. The lowest BCUT2D eigenvalue weighted by Crippen LogP contribution is -2.20. The van der Waals surface area contributed by atoms with Crippen LogP contribution in [0.2, 0.25) is 0 Å². The molecule has 0 heterocycles. The van der Waals surface area contributed by atoms with E-state index >= 15 is 0 Å². The Hall–Kier alpha value is -0.620. The summed E-state index contributed by atoms with van der Waals surface area (Å²) in [5.74, 6) is -0.383. The summed E-state index contributed by atoms with van der Waals surface area (Å²) in [4.78, 5) is 1.97. The monoisotopic (exact) mass is 189 g/mol. The zero-order chi connectivity index (χ0) is 9.14. The molecule has 0 saturated heterocycles. The average molecular weight is 189 g/mol. The molecular formula is C7H8FNO2S. The summed E-state index contributed by atoms with van der Waals surface area (Å²) in [6.45, 7) is 1.62. The summed E-state index contributed by atoms with van der Waals surface area (Å²) in [5, 5.41) is 8.34. The molecule has 66 valence electrons. The van der Waals surface area contributed by atoms with E-state index < -0.39 is 11.4 Å². The second-order valence-corrected chi connectivity index (χ2v) is 3.43. The molecule has 3 nitrogen and oxygen atoms in total. The van der Waals surface area contributed by atoms with E-state index in [1.165, 1.54) is 18.2 Å². The average Bonchev–Trinajstić information content (AvgIpc) is 2.03. The van der Waals surface area contributed by atoms with Crippen molar-refractivity contribution >= 4 is 11.4 Å². The lowest BCUT2D eigenvalue weighted by atomic mass is 10.2. The van der Waals surface area contributed by atoms with Crippen molar-refractivity contribution in [1.82, 2.24) is 4.89 Å². The summed E-state index contributed by atoms with van der Waals surface area (Å²) >= 11 is -1.67. The Kier molecular flexibility index (Phi) is 3.05. The summed E-state index contributed by atoms with van der Waals surface area (Å²) in [6.07, 6.45) is 0. The maximum Gasteiger partial charge on any atom is 0.179 e. The molecule has 1 aromatic carbocycles. The highest BCUT2D eigenvalue weighted by molar-refractivity contribution is 7.89. The van der Waals surface area contributed by atoms with Crippen LogP contribution in [0, 0.1) is 12.7 Å². The maximum atomic E-state index is 12.5. The molecule has 0 aliphatic carbocycles. The minimum absolute atomic E-state index is 0.374. The second kappa shape index (κ2) is 3.86. The van der Waals surface area contributed by atoms with Crippen molar-refractivity contribution in [3.05, 3.63) is 29.6 Å². The molecule has 0 aromatic heterocycles. The molecular weight excluding hydrogens is 181 g/mol. The van der Waals surface area contributed by atoms with Gasteiger partial charge in [-0.05, 0) is 30.0 Å². The molecule has 2 N–H and O–H groups in total. The fraction of sp³-hybridized carbons (Fsp3) is 0.143. The van der Waals surface area contributed by atoms with Crippen molar-refractivity contribution in [1.29, 1.82) is 0 Å². The predicted molar refractivity (Wildman–Crippen MR) is 42.5 cm³/mol. The van der Waals surface area contributed by atoms with Crippen molar-refractivity contribution in [2.45, 2.75) is 11.8 Å². The third-order valence-electron chi connectivity index (χ3n) is 1.42. The highest BCUT2D eigenvalue weighted by Gasteiger charge is 2.13. The van der Waals surface area contributed by atoms with E-state index in [2.05, 4.69) is 0 Å². The Balaban J connectivity index is 3.01. The van der Waals surface area contributed by atoms with Gasteiger partial charge in [0, 0.05) is 5.56 Å². The first kappa shape index (κ1) is 9.47. The van der Waals surface area contributed by atoms with Gasteiger partial charge >= 0.3 is 0 Å². The standard InChI is InChI=1S/C7H8FNO2S/c1-5-4-6(8)2-3-7(5)12(11)9-10/h2-4,9-10H,1H3. The van der Waals surface area contributed by atoms with E-state index in [-0.39, 0.29) is 5.82 Å². The molecule has 0 aliphatic rings. The summed E-state index contributed by atoms with van der Waals surface area (Å²) in [6, 6.07) is 3.81. The molecule has 0 fully saturated rings. The molecule has 0 bridgehead atoms. The zero-order valence-corrected chi connectivity index (χ0v) is 7.19. The maximum absolute atomic E-state index is 12.5. The van der Waals surface area contributed by atoms with E-state index in [4.69, 9.17) is 5.21 Å². The lowest BCUT2D eigenvalue weighted by Gasteiger charge is -2.07. The van der Waals surface area contributed by atoms with E-state index in [9.17, 15) is 8.94 Å². The topological polar surface area (TPSA) is 55.3 Å². The van der Waals surface area contributed by atoms with Gasteiger partial charge in [-0.1, -0.05) is 0 Å². The van der Waals surface area contributed by atoms with Crippen LogP contribution in [-0.2, 0) is 11.4 Å². The molecule has 1 unspecified atom stereocenters. The van der Waals surface area contributed by atoms with Gasteiger partial charge in [0.2, 0.25) is 0 Å². The van der Waals surface area contributed by atoms with Crippen LogP contribution in [-0.4, -0.2) is 9.76 Å². The van der Waals surface area contributed by atoms with E-state index in [1.807, 2.05) is 0 Å². The lowest BCUT2D eigenvalue weighted by molar-refractivity contribution is 0.242. The van der Waals surface area contributed by atoms with Gasteiger partial charge in [0.05, 0.1) is 0 Å².